The number of rotatable bonds is 6. The molecule has 0 aliphatic heterocycles. The standard InChI is InChI=1S/C15H23N3O/c1-3-13-8-12(9-14(18-13)16-4-2)15(19)17-10-11-6-5-7-11/h8-9,11H,3-7,10H2,1-2H3,(H,16,18)(H,17,19). The first-order chi connectivity index (χ1) is 9.22. The Bertz CT molecular complexity index is 441. The van der Waals surface area contributed by atoms with E-state index in [1.807, 2.05) is 26.0 Å². The van der Waals surface area contributed by atoms with Gasteiger partial charge in [0.2, 0.25) is 0 Å². The van der Waals surface area contributed by atoms with Crippen molar-refractivity contribution < 1.29 is 4.79 Å². The summed E-state index contributed by atoms with van der Waals surface area (Å²) in [5.41, 5.74) is 1.66. The van der Waals surface area contributed by atoms with Gasteiger partial charge in [-0.1, -0.05) is 13.3 Å². The molecule has 0 aromatic carbocycles. The monoisotopic (exact) mass is 261 g/mol. The molecule has 1 amide bonds. The Kier molecular flexibility index (Phi) is 4.77. The molecule has 104 valence electrons. The lowest BCUT2D eigenvalue weighted by Crippen LogP contribution is -2.32. The third-order valence-electron chi connectivity index (χ3n) is 3.64. The van der Waals surface area contributed by atoms with Crippen LogP contribution in [-0.4, -0.2) is 24.0 Å². The molecule has 1 aliphatic rings. The van der Waals surface area contributed by atoms with Gasteiger partial charge in [0.05, 0.1) is 0 Å². The second kappa shape index (κ2) is 6.55. The van der Waals surface area contributed by atoms with E-state index in [2.05, 4.69) is 15.6 Å². The van der Waals surface area contributed by atoms with Crippen molar-refractivity contribution in [3.8, 4) is 0 Å². The van der Waals surface area contributed by atoms with Crippen LogP contribution in [0.3, 0.4) is 0 Å². The summed E-state index contributed by atoms with van der Waals surface area (Å²) < 4.78 is 0. The number of pyridine rings is 1. The van der Waals surface area contributed by atoms with Crippen LogP contribution in [0.2, 0.25) is 0 Å². The molecule has 0 bridgehead atoms. The van der Waals surface area contributed by atoms with E-state index in [1.165, 1.54) is 19.3 Å². The van der Waals surface area contributed by atoms with Gasteiger partial charge in [-0.15, -0.1) is 0 Å². The van der Waals surface area contributed by atoms with Crippen LogP contribution in [0, 0.1) is 5.92 Å². The quantitative estimate of drug-likeness (QED) is 0.827. The van der Waals surface area contributed by atoms with Crippen LogP contribution in [0.1, 0.15) is 49.2 Å². The highest BCUT2D eigenvalue weighted by molar-refractivity contribution is 5.95. The van der Waals surface area contributed by atoms with Crippen molar-refractivity contribution in [2.45, 2.75) is 39.5 Å². The number of carbonyl (C=O) groups excluding carboxylic acids is 1. The molecule has 4 nitrogen and oxygen atoms in total. The Balaban J connectivity index is 2.03. The molecule has 2 N–H and O–H groups in total. The SMILES string of the molecule is CCNc1cc(C(=O)NCC2CCC2)cc(CC)n1. The van der Waals surface area contributed by atoms with Crippen LogP contribution >= 0.6 is 0 Å². The van der Waals surface area contributed by atoms with Crippen molar-refractivity contribution >= 4 is 11.7 Å². The first-order valence-electron chi connectivity index (χ1n) is 7.26. The lowest BCUT2D eigenvalue weighted by atomic mass is 9.85. The molecule has 0 spiro atoms. The number of hydrogen-bond acceptors (Lipinski definition) is 3. The van der Waals surface area contributed by atoms with Crippen LogP contribution in [0.15, 0.2) is 12.1 Å². The third-order valence-corrected chi connectivity index (χ3v) is 3.64. The molecular weight excluding hydrogens is 238 g/mol. The fourth-order valence-corrected chi connectivity index (χ4v) is 2.21. The van der Waals surface area contributed by atoms with E-state index in [0.29, 0.717) is 11.5 Å². The van der Waals surface area contributed by atoms with Gasteiger partial charge in [0.15, 0.2) is 0 Å². The molecule has 1 aromatic heterocycles. The average Bonchev–Trinajstić information content (AvgIpc) is 2.36. The number of carbonyl (C=O) groups is 1. The molecule has 2 rings (SSSR count). The van der Waals surface area contributed by atoms with Gasteiger partial charge in [-0.25, -0.2) is 4.98 Å². The Hall–Kier alpha value is -1.58. The van der Waals surface area contributed by atoms with E-state index >= 15 is 0 Å². The molecule has 1 heterocycles. The Morgan fingerprint density at radius 2 is 2.16 bits per heavy atom. The molecule has 0 unspecified atom stereocenters. The Labute approximate surface area is 115 Å². The highest BCUT2D eigenvalue weighted by Crippen LogP contribution is 2.25. The summed E-state index contributed by atoms with van der Waals surface area (Å²) in [7, 11) is 0. The van der Waals surface area contributed by atoms with Crippen molar-refractivity contribution in [2.24, 2.45) is 5.92 Å². The first-order valence-corrected chi connectivity index (χ1v) is 7.26. The van der Waals surface area contributed by atoms with Gasteiger partial charge in [-0.2, -0.15) is 0 Å². The molecule has 1 saturated carbocycles. The summed E-state index contributed by atoms with van der Waals surface area (Å²) in [5.74, 6) is 1.49. The van der Waals surface area contributed by atoms with Crippen molar-refractivity contribution in [3.63, 3.8) is 0 Å². The Morgan fingerprint density at radius 1 is 1.37 bits per heavy atom. The van der Waals surface area contributed by atoms with Crippen molar-refractivity contribution in [2.75, 3.05) is 18.4 Å². The van der Waals surface area contributed by atoms with Gasteiger partial charge < -0.3 is 10.6 Å². The van der Waals surface area contributed by atoms with Gasteiger partial charge in [-0.3, -0.25) is 4.79 Å². The number of hydrogen-bond donors (Lipinski definition) is 2. The van der Waals surface area contributed by atoms with E-state index in [0.717, 1.165) is 31.0 Å². The van der Waals surface area contributed by atoms with Gasteiger partial charge in [0, 0.05) is 24.3 Å². The number of nitrogens with one attached hydrogen (secondary N) is 2. The number of aryl methyl sites for hydroxylation is 1. The van der Waals surface area contributed by atoms with Gasteiger partial charge in [0.25, 0.3) is 5.91 Å². The van der Waals surface area contributed by atoms with E-state index in [9.17, 15) is 4.79 Å². The van der Waals surface area contributed by atoms with Crippen molar-refractivity contribution in [3.05, 3.63) is 23.4 Å². The maximum absolute atomic E-state index is 12.1. The minimum atomic E-state index is 0.0168. The maximum Gasteiger partial charge on any atom is 0.251 e. The smallest absolute Gasteiger partial charge is 0.251 e. The fourth-order valence-electron chi connectivity index (χ4n) is 2.21. The summed E-state index contributed by atoms with van der Waals surface area (Å²) in [4.78, 5) is 16.6. The van der Waals surface area contributed by atoms with Crippen LogP contribution in [-0.2, 0) is 6.42 Å². The van der Waals surface area contributed by atoms with E-state index < -0.39 is 0 Å². The zero-order valence-electron chi connectivity index (χ0n) is 11.8. The molecule has 1 fully saturated rings. The van der Waals surface area contributed by atoms with E-state index in [4.69, 9.17) is 0 Å². The zero-order valence-corrected chi connectivity index (χ0v) is 11.8. The molecule has 1 aliphatic carbocycles. The number of anilines is 1. The van der Waals surface area contributed by atoms with Crippen LogP contribution in [0.4, 0.5) is 5.82 Å². The molecule has 19 heavy (non-hydrogen) atoms. The molecular formula is C15H23N3O. The average molecular weight is 261 g/mol. The van der Waals surface area contributed by atoms with Gasteiger partial charge >= 0.3 is 0 Å². The summed E-state index contributed by atoms with van der Waals surface area (Å²) in [6.45, 7) is 5.69. The maximum atomic E-state index is 12.1. The van der Waals surface area contributed by atoms with Crippen molar-refractivity contribution in [1.29, 1.82) is 0 Å². The fraction of sp³-hybridized carbons (Fsp3) is 0.600. The topological polar surface area (TPSA) is 54.0 Å². The third kappa shape index (κ3) is 3.69. The molecule has 4 heteroatoms. The highest BCUT2D eigenvalue weighted by Gasteiger charge is 2.18. The predicted octanol–water partition coefficient (Wildman–Crippen LogP) is 2.61. The second-order valence-electron chi connectivity index (χ2n) is 5.12. The lowest BCUT2D eigenvalue weighted by molar-refractivity contribution is 0.0939. The van der Waals surface area contributed by atoms with Gasteiger partial charge in [-0.05, 0) is 44.2 Å². The Morgan fingerprint density at radius 3 is 2.74 bits per heavy atom. The minimum Gasteiger partial charge on any atom is -0.370 e. The highest BCUT2D eigenvalue weighted by atomic mass is 16.1. The predicted molar refractivity (Wildman–Crippen MR) is 77.5 cm³/mol. The zero-order chi connectivity index (χ0) is 13.7. The van der Waals surface area contributed by atoms with Crippen molar-refractivity contribution in [1.82, 2.24) is 10.3 Å². The molecule has 0 saturated heterocycles. The van der Waals surface area contributed by atoms with Crippen LogP contribution in [0.5, 0.6) is 0 Å². The molecule has 1 aromatic rings. The van der Waals surface area contributed by atoms with Crippen LogP contribution < -0.4 is 10.6 Å². The van der Waals surface area contributed by atoms with Crippen LogP contribution in [0.25, 0.3) is 0 Å². The molecule has 0 radical (unpaired) electrons. The minimum absolute atomic E-state index is 0.0168. The van der Waals surface area contributed by atoms with E-state index in [1.54, 1.807) is 0 Å². The second-order valence-corrected chi connectivity index (χ2v) is 5.12. The summed E-state index contributed by atoms with van der Waals surface area (Å²) >= 11 is 0. The first kappa shape index (κ1) is 13.8. The summed E-state index contributed by atoms with van der Waals surface area (Å²) in [6.07, 6.45) is 4.64. The number of aromatic nitrogens is 1. The van der Waals surface area contributed by atoms with Gasteiger partial charge in [0.1, 0.15) is 5.82 Å². The largest absolute Gasteiger partial charge is 0.370 e. The molecule has 0 atom stereocenters. The summed E-state index contributed by atoms with van der Waals surface area (Å²) in [6, 6.07) is 3.72. The normalized spacial score (nSPS) is 14.8. The number of nitrogens with zero attached hydrogens (tertiary/aromatic N) is 1. The lowest BCUT2D eigenvalue weighted by Gasteiger charge is -2.25. The summed E-state index contributed by atoms with van der Waals surface area (Å²) in [5, 5.41) is 6.20. The number of amides is 1. The van der Waals surface area contributed by atoms with E-state index in [-0.39, 0.29) is 5.91 Å².